The van der Waals surface area contributed by atoms with Crippen LogP contribution in [0.5, 0.6) is 5.75 Å². The fourth-order valence-corrected chi connectivity index (χ4v) is 2.77. The van der Waals surface area contributed by atoms with E-state index in [0.29, 0.717) is 18.1 Å². The zero-order valence-electron chi connectivity index (χ0n) is 11.6. The molecule has 1 saturated heterocycles. The van der Waals surface area contributed by atoms with Crippen LogP contribution >= 0.6 is 0 Å². The molecular weight excluding hydrogens is 258 g/mol. The standard InChI is InChI=1S/C15H19NO4/c1-10-7-13(8-14(17)19-10)20-12-5-6-16(9-12)15(18)11-3-2-4-11/h7-8,11-12H,2-6,9H2,1H3. The smallest absolute Gasteiger partial charge is 0.339 e. The van der Waals surface area contributed by atoms with Gasteiger partial charge in [0.1, 0.15) is 17.6 Å². The van der Waals surface area contributed by atoms with E-state index in [-0.39, 0.29) is 17.9 Å². The Morgan fingerprint density at radius 2 is 2.15 bits per heavy atom. The van der Waals surface area contributed by atoms with Gasteiger partial charge in [0.15, 0.2) is 0 Å². The molecule has 2 heterocycles. The Kier molecular flexibility index (Phi) is 3.51. The molecule has 2 aliphatic rings. The molecule has 1 saturated carbocycles. The molecule has 1 amide bonds. The molecule has 2 fully saturated rings. The molecule has 0 N–H and O–H groups in total. The van der Waals surface area contributed by atoms with E-state index in [1.165, 1.54) is 12.5 Å². The van der Waals surface area contributed by atoms with E-state index in [0.717, 1.165) is 25.8 Å². The molecule has 1 aromatic rings. The number of carbonyl (C=O) groups is 1. The summed E-state index contributed by atoms with van der Waals surface area (Å²) in [7, 11) is 0. The normalized spacial score (nSPS) is 22.6. The van der Waals surface area contributed by atoms with Gasteiger partial charge in [0.2, 0.25) is 5.91 Å². The lowest BCUT2D eigenvalue weighted by molar-refractivity contribution is -0.137. The number of hydrogen-bond donors (Lipinski definition) is 0. The first kappa shape index (κ1) is 13.2. The number of ether oxygens (including phenoxy) is 1. The maximum Gasteiger partial charge on any atom is 0.339 e. The van der Waals surface area contributed by atoms with Crippen LogP contribution in [-0.2, 0) is 4.79 Å². The van der Waals surface area contributed by atoms with Gasteiger partial charge in [-0.2, -0.15) is 0 Å². The lowest BCUT2D eigenvalue weighted by Gasteiger charge is -2.29. The van der Waals surface area contributed by atoms with Crippen molar-refractivity contribution >= 4 is 5.91 Å². The number of hydrogen-bond acceptors (Lipinski definition) is 4. The minimum absolute atomic E-state index is 0.0276. The van der Waals surface area contributed by atoms with Crippen LogP contribution in [0, 0.1) is 12.8 Å². The predicted molar refractivity (Wildman–Crippen MR) is 72.7 cm³/mol. The van der Waals surface area contributed by atoms with Crippen LogP contribution < -0.4 is 10.4 Å². The second-order valence-electron chi connectivity index (χ2n) is 5.66. The quantitative estimate of drug-likeness (QED) is 0.844. The summed E-state index contributed by atoms with van der Waals surface area (Å²) < 4.78 is 10.7. The molecule has 1 aromatic heterocycles. The summed E-state index contributed by atoms with van der Waals surface area (Å²) in [4.78, 5) is 25.3. The van der Waals surface area contributed by atoms with Gasteiger partial charge in [-0.25, -0.2) is 4.79 Å². The van der Waals surface area contributed by atoms with Crippen molar-refractivity contribution in [3.8, 4) is 5.75 Å². The Labute approximate surface area is 117 Å². The van der Waals surface area contributed by atoms with Gasteiger partial charge < -0.3 is 14.1 Å². The molecule has 0 bridgehead atoms. The van der Waals surface area contributed by atoms with Gasteiger partial charge in [-0.1, -0.05) is 6.42 Å². The first-order valence-electron chi connectivity index (χ1n) is 7.19. The average Bonchev–Trinajstić information content (AvgIpc) is 2.73. The topological polar surface area (TPSA) is 59.8 Å². The Bertz CT molecular complexity index is 561. The molecule has 0 radical (unpaired) electrons. The molecule has 5 heteroatoms. The molecule has 5 nitrogen and oxygen atoms in total. The summed E-state index contributed by atoms with van der Waals surface area (Å²) in [5.74, 6) is 1.57. The van der Waals surface area contributed by atoms with E-state index in [1.54, 1.807) is 13.0 Å². The van der Waals surface area contributed by atoms with Crippen molar-refractivity contribution in [2.24, 2.45) is 5.92 Å². The van der Waals surface area contributed by atoms with Crippen molar-refractivity contribution in [2.45, 2.75) is 38.7 Å². The Balaban J connectivity index is 1.59. The van der Waals surface area contributed by atoms with Crippen LogP contribution in [0.15, 0.2) is 21.3 Å². The highest BCUT2D eigenvalue weighted by molar-refractivity contribution is 5.79. The van der Waals surface area contributed by atoms with E-state index in [1.807, 2.05) is 4.90 Å². The minimum Gasteiger partial charge on any atom is -0.488 e. The highest BCUT2D eigenvalue weighted by Gasteiger charge is 2.34. The molecule has 20 heavy (non-hydrogen) atoms. The maximum absolute atomic E-state index is 12.1. The van der Waals surface area contributed by atoms with E-state index in [2.05, 4.69) is 0 Å². The second kappa shape index (κ2) is 5.31. The third-order valence-corrected chi connectivity index (χ3v) is 4.08. The zero-order valence-corrected chi connectivity index (χ0v) is 11.6. The summed E-state index contributed by atoms with van der Waals surface area (Å²) in [6.07, 6.45) is 4.01. The monoisotopic (exact) mass is 277 g/mol. The summed E-state index contributed by atoms with van der Waals surface area (Å²) in [6.45, 7) is 3.09. The van der Waals surface area contributed by atoms with Gasteiger partial charge in [-0.15, -0.1) is 0 Å². The first-order valence-corrected chi connectivity index (χ1v) is 7.19. The van der Waals surface area contributed by atoms with Gasteiger partial charge in [-0.05, 0) is 19.8 Å². The number of amides is 1. The van der Waals surface area contributed by atoms with Crippen molar-refractivity contribution in [2.75, 3.05) is 13.1 Å². The Hall–Kier alpha value is -1.78. The summed E-state index contributed by atoms with van der Waals surface area (Å²) in [6, 6.07) is 3.06. The highest BCUT2D eigenvalue weighted by Crippen LogP contribution is 2.30. The van der Waals surface area contributed by atoms with Crippen molar-refractivity contribution in [1.82, 2.24) is 4.90 Å². The van der Waals surface area contributed by atoms with Gasteiger partial charge >= 0.3 is 5.63 Å². The van der Waals surface area contributed by atoms with E-state index in [4.69, 9.17) is 9.15 Å². The van der Waals surface area contributed by atoms with Crippen LogP contribution in [0.2, 0.25) is 0 Å². The second-order valence-corrected chi connectivity index (χ2v) is 5.66. The van der Waals surface area contributed by atoms with Crippen LogP contribution in [0.4, 0.5) is 0 Å². The van der Waals surface area contributed by atoms with Crippen molar-refractivity contribution in [1.29, 1.82) is 0 Å². The number of rotatable bonds is 3. The number of nitrogens with zero attached hydrogens (tertiary/aromatic N) is 1. The van der Waals surface area contributed by atoms with Crippen molar-refractivity contribution < 1.29 is 13.9 Å². The lowest BCUT2D eigenvalue weighted by Crippen LogP contribution is -2.38. The Morgan fingerprint density at radius 1 is 1.35 bits per heavy atom. The largest absolute Gasteiger partial charge is 0.488 e. The molecule has 1 aliphatic heterocycles. The fraction of sp³-hybridized carbons (Fsp3) is 0.600. The van der Waals surface area contributed by atoms with Gasteiger partial charge in [-0.3, -0.25) is 4.79 Å². The van der Waals surface area contributed by atoms with E-state index < -0.39 is 5.63 Å². The number of carbonyl (C=O) groups excluding carboxylic acids is 1. The van der Waals surface area contributed by atoms with Crippen molar-refractivity contribution in [3.63, 3.8) is 0 Å². The summed E-state index contributed by atoms with van der Waals surface area (Å²) in [5.41, 5.74) is -0.402. The Morgan fingerprint density at radius 3 is 2.80 bits per heavy atom. The lowest BCUT2D eigenvalue weighted by atomic mass is 9.84. The summed E-state index contributed by atoms with van der Waals surface area (Å²) in [5, 5.41) is 0. The molecule has 108 valence electrons. The van der Waals surface area contributed by atoms with Crippen molar-refractivity contribution in [3.05, 3.63) is 28.3 Å². The van der Waals surface area contributed by atoms with E-state index in [9.17, 15) is 9.59 Å². The third-order valence-electron chi connectivity index (χ3n) is 4.08. The molecule has 1 atom stereocenters. The van der Waals surface area contributed by atoms with Crippen LogP contribution in [-0.4, -0.2) is 30.0 Å². The van der Waals surface area contributed by atoms with Crippen LogP contribution in [0.25, 0.3) is 0 Å². The number of aryl methyl sites for hydroxylation is 1. The van der Waals surface area contributed by atoms with Crippen LogP contribution in [0.3, 0.4) is 0 Å². The van der Waals surface area contributed by atoms with Gasteiger partial charge in [0.05, 0.1) is 12.6 Å². The average molecular weight is 277 g/mol. The molecule has 3 rings (SSSR count). The van der Waals surface area contributed by atoms with Crippen LogP contribution in [0.1, 0.15) is 31.4 Å². The van der Waals surface area contributed by atoms with Gasteiger partial charge in [0, 0.05) is 24.9 Å². The SMILES string of the molecule is Cc1cc(OC2CCN(C(=O)C3CCC3)C2)cc(=O)o1. The third kappa shape index (κ3) is 2.71. The molecule has 0 aromatic carbocycles. The van der Waals surface area contributed by atoms with E-state index >= 15 is 0 Å². The highest BCUT2D eigenvalue weighted by atomic mass is 16.5. The number of likely N-dealkylation sites (tertiary alicyclic amines) is 1. The minimum atomic E-state index is -0.402. The predicted octanol–water partition coefficient (Wildman–Crippen LogP) is 1.73. The maximum atomic E-state index is 12.1. The first-order chi connectivity index (χ1) is 9.61. The molecular formula is C15H19NO4. The zero-order chi connectivity index (χ0) is 14.1. The molecule has 1 unspecified atom stereocenters. The fourth-order valence-electron chi connectivity index (χ4n) is 2.77. The summed E-state index contributed by atoms with van der Waals surface area (Å²) >= 11 is 0. The molecule has 1 aliphatic carbocycles. The van der Waals surface area contributed by atoms with Gasteiger partial charge in [0.25, 0.3) is 0 Å². The molecule has 0 spiro atoms.